The van der Waals surface area contributed by atoms with Gasteiger partial charge in [0, 0.05) is 32.1 Å². The first-order valence-corrected chi connectivity index (χ1v) is 6.52. The van der Waals surface area contributed by atoms with Crippen molar-refractivity contribution in [3.05, 3.63) is 34.9 Å². The molecule has 3 N–H and O–H groups in total. The first kappa shape index (κ1) is 13.5. The standard InChI is InChI=1S/C14H19N3O2/c1-10(18)16-7-8-17-14(19)12-4-2-3-11-5-6-15-9-13(11)12/h2-4,15H,5-9H2,1H3,(H,16,18)(H,17,19). The van der Waals surface area contributed by atoms with Crippen molar-refractivity contribution in [1.82, 2.24) is 16.0 Å². The third-order valence-corrected chi connectivity index (χ3v) is 3.18. The summed E-state index contributed by atoms with van der Waals surface area (Å²) in [6.07, 6.45) is 0.961. The predicted octanol–water partition coefficient (Wildman–Crippen LogP) is 0.198. The fourth-order valence-electron chi connectivity index (χ4n) is 2.24. The summed E-state index contributed by atoms with van der Waals surface area (Å²) in [4.78, 5) is 22.8. The Morgan fingerprint density at radius 1 is 1.26 bits per heavy atom. The van der Waals surface area contributed by atoms with Crippen molar-refractivity contribution in [2.75, 3.05) is 19.6 Å². The lowest BCUT2D eigenvalue weighted by Crippen LogP contribution is -2.35. The number of carbonyl (C=O) groups is 2. The van der Waals surface area contributed by atoms with Crippen LogP contribution in [0.1, 0.15) is 28.4 Å². The second kappa shape index (κ2) is 6.33. The zero-order valence-electron chi connectivity index (χ0n) is 11.1. The van der Waals surface area contributed by atoms with E-state index in [9.17, 15) is 9.59 Å². The molecule has 2 rings (SSSR count). The summed E-state index contributed by atoms with van der Waals surface area (Å²) in [6, 6.07) is 5.84. The molecule has 0 saturated carbocycles. The normalized spacial score (nSPS) is 13.5. The summed E-state index contributed by atoms with van der Waals surface area (Å²) in [5.74, 6) is -0.165. The number of carbonyl (C=O) groups excluding carboxylic acids is 2. The maximum Gasteiger partial charge on any atom is 0.251 e. The number of hydrogen-bond acceptors (Lipinski definition) is 3. The van der Waals surface area contributed by atoms with Gasteiger partial charge in [-0.15, -0.1) is 0 Å². The average Bonchev–Trinajstić information content (AvgIpc) is 2.42. The Labute approximate surface area is 112 Å². The molecule has 0 saturated heterocycles. The highest BCUT2D eigenvalue weighted by Crippen LogP contribution is 2.18. The molecule has 0 spiro atoms. The summed E-state index contributed by atoms with van der Waals surface area (Å²) in [5.41, 5.74) is 3.06. The minimum atomic E-state index is -0.0875. The summed E-state index contributed by atoms with van der Waals surface area (Å²) in [7, 11) is 0. The lowest BCUT2D eigenvalue weighted by atomic mass is 9.95. The van der Waals surface area contributed by atoms with Gasteiger partial charge in [0.1, 0.15) is 0 Å². The molecular formula is C14H19N3O2. The molecule has 0 bridgehead atoms. The molecule has 5 nitrogen and oxygen atoms in total. The maximum absolute atomic E-state index is 12.1. The number of fused-ring (bicyclic) bond motifs is 1. The van der Waals surface area contributed by atoms with Gasteiger partial charge in [0.05, 0.1) is 0 Å². The molecule has 1 aliphatic rings. The number of hydrogen-bond donors (Lipinski definition) is 3. The van der Waals surface area contributed by atoms with Crippen LogP contribution in [-0.4, -0.2) is 31.4 Å². The molecule has 0 aliphatic carbocycles. The van der Waals surface area contributed by atoms with Gasteiger partial charge in [0.15, 0.2) is 0 Å². The molecule has 0 atom stereocenters. The van der Waals surface area contributed by atoms with Gasteiger partial charge in [-0.3, -0.25) is 9.59 Å². The van der Waals surface area contributed by atoms with Crippen LogP contribution in [0, 0.1) is 0 Å². The molecule has 1 aromatic carbocycles. The molecule has 1 aromatic rings. The molecule has 5 heteroatoms. The Bertz CT molecular complexity index is 486. The van der Waals surface area contributed by atoms with Gasteiger partial charge in [0.25, 0.3) is 5.91 Å². The van der Waals surface area contributed by atoms with Crippen molar-refractivity contribution in [2.24, 2.45) is 0 Å². The van der Waals surface area contributed by atoms with Gasteiger partial charge in [-0.2, -0.15) is 0 Å². The SMILES string of the molecule is CC(=O)NCCNC(=O)c1cccc2c1CNCC2. The van der Waals surface area contributed by atoms with Crippen molar-refractivity contribution < 1.29 is 9.59 Å². The lowest BCUT2D eigenvalue weighted by Gasteiger charge is -2.20. The van der Waals surface area contributed by atoms with Gasteiger partial charge in [-0.05, 0) is 30.2 Å². The summed E-state index contributed by atoms with van der Waals surface area (Å²) >= 11 is 0. The molecule has 102 valence electrons. The molecule has 19 heavy (non-hydrogen) atoms. The molecule has 2 amide bonds. The highest BCUT2D eigenvalue weighted by atomic mass is 16.2. The van der Waals surface area contributed by atoms with Crippen LogP contribution in [0.25, 0.3) is 0 Å². The van der Waals surface area contributed by atoms with Crippen LogP contribution < -0.4 is 16.0 Å². The fourth-order valence-corrected chi connectivity index (χ4v) is 2.24. The largest absolute Gasteiger partial charge is 0.355 e. The van der Waals surface area contributed by atoms with Gasteiger partial charge < -0.3 is 16.0 Å². The Kier molecular flexibility index (Phi) is 4.52. The Balaban J connectivity index is 1.97. The summed E-state index contributed by atoms with van der Waals surface area (Å²) < 4.78 is 0. The van der Waals surface area contributed by atoms with E-state index in [-0.39, 0.29) is 11.8 Å². The van der Waals surface area contributed by atoms with Crippen molar-refractivity contribution in [2.45, 2.75) is 19.9 Å². The summed E-state index contributed by atoms with van der Waals surface area (Å²) in [5, 5.41) is 8.75. The quantitative estimate of drug-likeness (QED) is 0.678. The van der Waals surface area contributed by atoms with E-state index in [1.807, 2.05) is 12.1 Å². The van der Waals surface area contributed by atoms with Gasteiger partial charge in [-0.25, -0.2) is 0 Å². The highest BCUT2D eigenvalue weighted by molar-refractivity contribution is 5.96. The highest BCUT2D eigenvalue weighted by Gasteiger charge is 2.16. The zero-order chi connectivity index (χ0) is 13.7. The van der Waals surface area contributed by atoms with Crippen LogP contribution in [0.3, 0.4) is 0 Å². The van der Waals surface area contributed by atoms with Crippen LogP contribution in [0.5, 0.6) is 0 Å². The van der Waals surface area contributed by atoms with Crippen molar-refractivity contribution >= 4 is 11.8 Å². The van der Waals surface area contributed by atoms with Crippen molar-refractivity contribution in [1.29, 1.82) is 0 Å². The third-order valence-electron chi connectivity index (χ3n) is 3.18. The number of amides is 2. The van der Waals surface area contributed by atoms with Crippen LogP contribution >= 0.6 is 0 Å². The molecule has 1 aliphatic heterocycles. The smallest absolute Gasteiger partial charge is 0.251 e. The Hall–Kier alpha value is -1.88. The third kappa shape index (κ3) is 3.54. The first-order chi connectivity index (χ1) is 9.18. The summed E-state index contributed by atoms with van der Waals surface area (Å²) in [6.45, 7) is 4.05. The van der Waals surface area contributed by atoms with E-state index in [4.69, 9.17) is 0 Å². The van der Waals surface area contributed by atoms with E-state index >= 15 is 0 Å². The van der Waals surface area contributed by atoms with E-state index in [0.717, 1.165) is 30.6 Å². The molecule has 0 unspecified atom stereocenters. The van der Waals surface area contributed by atoms with Crippen molar-refractivity contribution in [3.63, 3.8) is 0 Å². The second-order valence-corrected chi connectivity index (χ2v) is 4.61. The first-order valence-electron chi connectivity index (χ1n) is 6.52. The molecule has 0 radical (unpaired) electrons. The van der Waals surface area contributed by atoms with Crippen LogP contribution in [-0.2, 0) is 17.8 Å². The molecule has 1 heterocycles. The van der Waals surface area contributed by atoms with Gasteiger partial charge in [-0.1, -0.05) is 12.1 Å². The minimum absolute atomic E-state index is 0.0779. The fraction of sp³-hybridized carbons (Fsp3) is 0.429. The van der Waals surface area contributed by atoms with Crippen LogP contribution in [0.4, 0.5) is 0 Å². The minimum Gasteiger partial charge on any atom is -0.355 e. The number of benzene rings is 1. The van der Waals surface area contributed by atoms with Gasteiger partial charge >= 0.3 is 0 Å². The maximum atomic E-state index is 12.1. The zero-order valence-corrected chi connectivity index (χ0v) is 11.1. The second-order valence-electron chi connectivity index (χ2n) is 4.61. The van der Waals surface area contributed by atoms with Gasteiger partial charge in [0.2, 0.25) is 5.91 Å². The Morgan fingerprint density at radius 2 is 2.05 bits per heavy atom. The van der Waals surface area contributed by atoms with Crippen LogP contribution in [0.15, 0.2) is 18.2 Å². The van der Waals surface area contributed by atoms with E-state index < -0.39 is 0 Å². The van der Waals surface area contributed by atoms with Crippen LogP contribution in [0.2, 0.25) is 0 Å². The molecule has 0 aromatic heterocycles. The van der Waals surface area contributed by atoms with E-state index in [2.05, 4.69) is 22.0 Å². The number of rotatable bonds is 4. The molecule has 0 fully saturated rings. The van der Waals surface area contributed by atoms with E-state index in [1.54, 1.807) is 0 Å². The van der Waals surface area contributed by atoms with E-state index in [1.165, 1.54) is 12.5 Å². The average molecular weight is 261 g/mol. The monoisotopic (exact) mass is 261 g/mol. The van der Waals surface area contributed by atoms with E-state index in [0.29, 0.717) is 13.1 Å². The molecular weight excluding hydrogens is 242 g/mol. The topological polar surface area (TPSA) is 70.2 Å². The van der Waals surface area contributed by atoms with Crippen molar-refractivity contribution in [3.8, 4) is 0 Å². The predicted molar refractivity (Wildman–Crippen MR) is 72.9 cm³/mol. The number of nitrogens with one attached hydrogen (secondary N) is 3. The Morgan fingerprint density at radius 3 is 2.84 bits per heavy atom. The lowest BCUT2D eigenvalue weighted by molar-refractivity contribution is -0.118.